The molecule has 1 amide bonds. The van der Waals surface area contributed by atoms with Crippen molar-refractivity contribution in [2.45, 2.75) is 19.3 Å². The maximum absolute atomic E-state index is 12.8. The second-order valence-electron chi connectivity index (χ2n) is 7.16. The first-order valence-electron chi connectivity index (χ1n) is 9.84. The van der Waals surface area contributed by atoms with E-state index in [-0.39, 0.29) is 18.2 Å². The first-order valence-corrected chi connectivity index (χ1v) is 9.84. The lowest BCUT2D eigenvalue weighted by Gasteiger charge is -2.20. The zero-order chi connectivity index (χ0) is 20.9. The maximum Gasteiger partial charge on any atom is 0.229 e. The van der Waals surface area contributed by atoms with E-state index < -0.39 is 0 Å². The molecule has 0 spiro atoms. The van der Waals surface area contributed by atoms with Crippen molar-refractivity contribution in [3.8, 4) is 5.75 Å². The number of aliphatic imine (C=N–C) groups is 2. The van der Waals surface area contributed by atoms with Crippen LogP contribution in [0.1, 0.15) is 24.0 Å². The van der Waals surface area contributed by atoms with Gasteiger partial charge in [-0.2, -0.15) is 0 Å². The Balaban J connectivity index is 1.71. The van der Waals surface area contributed by atoms with E-state index in [1.165, 1.54) is 0 Å². The van der Waals surface area contributed by atoms with E-state index in [9.17, 15) is 4.79 Å². The maximum atomic E-state index is 12.8. The molecule has 4 rings (SSSR count). The summed E-state index contributed by atoms with van der Waals surface area (Å²) in [6.07, 6.45) is 0.285. The molecule has 1 aliphatic heterocycles. The minimum Gasteiger partial charge on any atom is -0.497 e. The Labute approximate surface area is 176 Å². The van der Waals surface area contributed by atoms with Gasteiger partial charge in [0.05, 0.1) is 30.8 Å². The van der Waals surface area contributed by atoms with Crippen LogP contribution in [0.25, 0.3) is 0 Å². The lowest BCUT2D eigenvalue weighted by atomic mass is 9.93. The number of carbonyl (C=O) groups is 1. The molecule has 1 N–H and O–H groups in total. The van der Waals surface area contributed by atoms with Crippen molar-refractivity contribution < 1.29 is 9.53 Å². The van der Waals surface area contributed by atoms with Crippen LogP contribution in [0.15, 0.2) is 88.8 Å². The molecule has 0 bridgehead atoms. The summed E-state index contributed by atoms with van der Waals surface area (Å²) in [4.78, 5) is 22.4. The average Bonchev–Trinajstić information content (AvgIpc) is 2.89. The van der Waals surface area contributed by atoms with Crippen LogP contribution in [0.4, 0.5) is 11.4 Å². The van der Waals surface area contributed by atoms with Gasteiger partial charge in [-0.1, -0.05) is 54.6 Å². The normalized spacial score (nSPS) is 15.3. The third-order valence-corrected chi connectivity index (χ3v) is 5.03. The molecule has 5 nitrogen and oxygen atoms in total. The molecule has 5 heteroatoms. The summed E-state index contributed by atoms with van der Waals surface area (Å²) in [5.41, 5.74) is 4.34. The van der Waals surface area contributed by atoms with Gasteiger partial charge in [0, 0.05) is 5.71 Å². The molecule has 1 aliphatic rings. The summed E-state index contributed by atoms with van der Waals surface area (Å²) in [5, 5.41) is 3.05. The SMILES string of the molecule is COc1ccc([C@@H]2C(C)=Nc3ccccc3N=C2NC(=O)Cc2ccccc2)cc1. The molecule has 0 saturated heterocycles. The van der Waals surface area contributed by atoms with Crippen LogP contribution in [0.5, 0.6) is 5.75 Å². The first-order chi connectivity index (χ1) is 14.6. The Morgan fingerprint density at radius 3 is 2.20 bits per heavy atom. The number of amides is 1. The van der Waals surface area contributed by atoms with Gasteiger partial charge in [0.15, 0.2) is 0 Å². The van der Waals surface area contributed by atoms with Crippen molar-refractivity contribution in [3.63, 3.8) is 0 Å². The van der Waals surface area contributed by atoms with Gasteiger partial charge in [0.1, 0.15) is 11.6 Å². The van der Waals surface area contributed by atoms with E-state index in [2.05, 4.69) is 5.32 Å². The van der Waals surface area contributed by atoms with E-state index in [4.69, 9.17) is 14.7 Å². The fraction of sp³-hybridized carbons (Fsp3) is 0.160. The second-order valence-corrected chi connectivity index (χ2v) is 7.16. The Morgan fingerprint density at radius 1 is 0.900 bits per heavy atom. The number of nitrogens with zero attached hydrogens (tertiary/aromatic N) is 2. The molecule has 0 saturated carbocycles. The van der Waals surface area contributed by atoms with E-state index in [1.807, 2.05) is 85.8 Å². The molecule has 3 aromatic rings. The minimum absolute atomic E-state index is 0.106. The van der Waals surface area contributed by atoms with E-state index in [1.54, 1.807) is 7.11 Å². The number of hydrogen-bond donors (Lipinski definition) is 1. The highest BCUT2D eigenvalue weighted by Crippen LogP contribution is 2.34. The van der Waals surface area contributed by atoms with Gasteiger partial charge in [0.2, 0.25) is 5.91 Å². The number of ether oxygens (including phenoxy) is 1. The largest absolute Gasteiger partial charge is 0.497 e. The number of para-hydroxylation sites is 2. The molecule has 3 aromatic carbocycles. The standard InChI is InChI=1S/C25H23N3O2/c1-17-24(19-12-14-20(30-2)15-13-19)25(27-22-11-7-6-10-21(22)26-17)28-23(29)16-18-8-4-3-5-9-18/h3-15,24H,16H2,1-2H3,(H,27,28,29)/t24-/m0/s1. The van der Waals surface area contributed by atoms with Crippen LogP contribution in [-0.4, -0.2) is 24.6 Å². The van der Waals surface area contributed by atoms with Crippen LogP contribution >= 0.6 is 0 Å². The highest BCUT2D eigenvalue weighted by atomic mass is 16.5. The monoisotopic (exact) mass is 397 g/mol. The Hall–Kier alpha value is -3.73. The molecular formula is C25H23N3O2. The number of carbonyl (C=O) groups excluding carboxylic acids is 1. The fourth-order valence-corrected chi connectivity index (χ4v) is 3.56. The smallest absolute Gasteiger partial charge is 0.229 e. The van der Waals surface area contributed by atoms with E-state index in [0.717, 1.165) is 34.0 Å². The molecule has 30 heavy (non-hydrogen) atoms. The molecule has 0 radical (unpaired) electrons. The van der Waals surface area contributed by atoms with Crippen molar-refractivity contribution in [1.29, 1.82) is 0 Å². The Morgan fingerprint density at radius 2 is 1.53 bits per heavy atom. The van der Waals surface area contributed by atoms with Crippen LogP contribution in [0, 0.1) is 0 Å². The lowest BCUT2D eigenvalue weighted by Crippen LogP contribution is -2.38. The summed E-state index contributed by atoms with van der Waals surface area (Å²) in [5.74, 6) is 0.984. The molecule has 0 unspecified atom stereocenters. The summed E-state index contributed by atoms with van der Waals surface area (Å²) < 4.78 is 5.29. The molecule has 1 atom stereocenters. The van der Waals surface area contributed by atoms with Crippen LogP contribution < -0.4 is 10.1 Å². The Kier molecular flexibility index (Phi) is 5.70. The van der Waals surface area contributed by atoms with Crippen molar-refractivity contribution >= 4 is 28.8 Å². The molecule has 0 fully saturated rings. The summed E-state index contributed by atoms with van der Waals surface area (Å²) >= 11 is 0. The van der Waals surface area contributed by atoms with Crippen molar-refractivity contribution in [2.24, 2.45) is 9.98 Å². The van der Waals surface area contributed by atoms with Crippen molar-refractivity contribution in [3.05, 3.63) is 90.0 Å². The number of hydrogen-bond acceptors (Lipinski definition) is 4. The zero-order valence-corrected chi connectivity index (χ0v) is 17.0. The number of benzene rings is 3. The van der Waals surface area contributed by atoms with Gasteiger partial charge in [-0.05, 0) is 42.3 Å². The number of amidine groups is 1. The Bertz CT molecular complexity index is 1100. The van der Waals surface area contributed by atoms with Crippen molar-refractivity contribution in [2.75, 3.05) is 7.11 Å². The number of nitrogens with one attached hydrogen (secondary N) is 1. The highest BCUT2D eigenvalue weighted by Gasteiger charge is 2.26. The van der Waals surface area contributed by atoms with Crippen molar-refractivity contribution in [1.82, 2.24) is 5.32 Å². The van der Waals surface area contributed by atoms with E-state index in [0.29, 0.717) is 5.84 Å². The molecular weight excluding hydrogens is 374 g/mol. The molecule has 0 aliphatic carbocycles. The fourth-order valence-electron chi connectivity index (χ4n) is 3.56. The third-order valence-electron chi connectivity index (χ3n) is 5.03. The second kappa shape index (κ2) is 8.74. The quantitative estimate of drug-likeness (QED) is 0.675. The topological polar surface area (TPSA) is 63.1 Å². The third kappa shape index (κ3) is 4.30. The van der Waals surface area contributed by atoms with Crippen LogP contribution in [-0.2, 0) is 11.2 Å². The number of methoxy groups -OCH3 is 1. The van der Waals surface area contributed by atoms with Gasteiger partial charge < -0.3 is 10.1 Å². The van der Waals surface area contributed by atoms with Gasteiger partial charge >= 0.3 is 0 Å². The zero-order valence-electron chi connectivity index (χ0n) is 17.0. The summed E-state index contributed by atoms with van der Waals surface area (Å²) in [6.45, 7) is 1.97. The minimum atomic E-state index is -0.261. The summed E-state index contributed by atoms with van der Waals surface area (Å²) in [7, 11) is 1.64. The van der Waals surface area contributed by atoms with Gasteiger partial charge in [-0.15, -0.1) is 0 Å². The predicted octanol–water partition coefficient (Wildman–Crippen LogP) is 4.97. The molecule has 150 valence electrons. The van der Waals surface area contributed by atoms with Gasteiger partial charge in [0.25, 0.3) is 0 Å². The summed E-state index contributed by atoms with van der Waals surface area (Å²) in [6, 6.07) is 25.2. The van der Waals surface area contributed by atoms with Gasteiger partial charge in [-0.25, -0.2) is 4.99 Å². The van der Waals surface area contributed by atoms with Gasteiger partial charge in [-0.3, -0.25) is 9.79 Å². The van der Waals surface area contributed by atoms with Crippen LogP contribution in [0.2, 0.25) is 0 Å². The van der Waals surface area contributed by atoms with E-state index >= 15 is 0 Å². The predicted molar refractivity (Wildman–Crippen MR) is 120 cm³/mol. The lowest BCUT2D eigenvalue weighted by molar-refractivity contribution is -0.119. The van der Waals surface area contributed by atoms with Crippen LogP contribution in [0.3, 0.4) is 0 Å². The average molecular weight is 397 g/mol. The highest BCUT2D eigenvalue weighted by molar-refractivity contribution is 6.17. The number of rotatable bonds is 4. The molecule has 1 heterocycles. The number of fused-ring (bicyclic) bond motifs is 1. The first kappa shape index (κ1) is 19.6. The molecule has 0 aromatic heterocycles.